The molecule has 0 amide bonds. The van der Waals surface area contributed by atoms with E-state index >= 15 is 0 Å². The molecule has 2 nitrogen and oxygen atoms in total. The van der Waals surface area contributed by atoms with Crippen molar-refractivity contribution >= 4 is 60.5 Å². The van der Waals surface area contributed by atoms with E-state index in [2.05, 4.69) is 229 Å². The van der Waals surface area contributed by atoms with Crippen molar-refractivity contribution in [2.75, 3.05) is 4.90 Å². The van der Waals surface area contributed by atoms with Crippen LogP contribution in [0.1, 0.15) is 0 Å². The Labute approximate surface area is 337 Å². The average Bonchev–Trinajstić information content (AvgIpc) is 3.70. The third-order valence-electron chi connectivity index (χ3n) is 11.5. The lowest BCUT2D eigenvalue weighted by Crippen LogP contribution is -2.10. The monoisotopic (exact) mass is 739 g/mol. The number of rotatable bonds is 7. The van der Waals surface area contributed by atoms with Crippen LogP contribution in [-0.4, -0.2) is 0 Å². The van der Waals surface area contributed by atoms with Crippen LogP contribution in [0.5, 0.6) is 0 Å². The Hall–Kier alpha value is -7.68. The molecule has 0 aliphatic heterocycles. The summed E-state index contributed by atoms with van der Waals surface area (Å²) in [5.41, 5.74) is 14.5. The van der Waals surface area contributed by atoms with Crippen molar-refractivity contribution in [2.45, 2.75) is 0 Å². The number of furan rings is 1. The summed E-state index contributed by atoms with van der Waals surface area (Å²) >= 11 is 0. The van der Waals surface area contributed by atoms with Crippen LogP contribution in [0.25, 0.3) is 88.0 Å². The van der Waals surface area contributed by atoms with Crippen LogP contribution < -0.4 is 4.90 Å². The molecule has 272 valence electrons. The standard InChI is InChI=1S/C56H37NO/c1-3-14-38(15-4-1)43-31-34-49(52(37-43)40-16-5-2-6-17-40)42-28-32-45(33-29-42)57(46-22-11-21-44(36-46)48-25-12-20-39-18-7-9-23-47(39)48)53-26-13-27-54-55(53)51-35-30-41-19-8-10-24-50(41)56(51)58-54/h1-37H. The zero-order chi connectivity index (χ0) is 38.4. The van der Waals surface area contributed by atoms with E-state index in [-0.39, 0.29) is 0 Å². The van der Waals surface area contributed by atoms with Crippen molar-refractivity contribution in [3.8, 4) is 44.5 Å². The predicted octanol–water partition coefficient (Wildman–Crippen LogP) is 16.0. The van der Waals surface area contributed by atoms with Gasteiger partial charge in [0.25, 0.3) is 0 Å². The summed E-state index contributed by atoms with van der Waals surface area (Å²) in [5.74, 6) is 0. The number of hydrogen-bond donors (Lipinski definition) is 0. The molecule has 1 heterocycles. The first-order valence-electron chi connectivity index (χ1n) is 19.8. The van der Waals surface area contributed by atoms with Gasteiger partial charge in [-0.25, -0.2) is 0 Å². The number of nitrogens with zero attached hydrogens (tertiary/aromatic N) is 1. The lowest BCUT2D eigenvalue weighted by molar-refractivity contribution is 0.672. The summed E-state index contributed by atoms with van der Waals surface area (Å²) in [7, 11) is 0. The average molecular weight is 740 g/mol. The van der Waals surface area contributed by atoms with E-state index in [0.29, 0.717) is 0 Å². The van der Waals surface area contributed by atoms with E-state index in [1.165, 1.54) is 44.2 Å². The molecule has 0 aliphatic rings. The van der Waals surface area contributed by atoms with Gasteiger partial charge >= 0.3 is 0 Å². The van der Waals surface area contributed by atoms with Crippen LogP contribution in [0.4, 0.5) is 17.1 Å². The van der Waals surface area contributed by atoms with Crippen LogP contribution >= 0.6 is 0 Å². The number of benzene rings is 10. The maximum Gasteiger partial charge on any atom is 0.143 e. The Morgan fingerprint density at radius 2 is 0.931 bits per heavy atom. The van der Waals surface area contributed by atoms with Gasteiger partial charge in [0, 0.05) is 22.1 Å². The molecule has 0 unspecified atom stereocenters. The smallest absolute Gasteiger partial charge is 0.143 e. The highest BCUT2D eigenvalue weighted by Gasteiger charge is 2.21. The summed E-state index contributed by atoms with van der Waals surface area (Å²) in [4.78, 5) is 2.39. The molecule has 0 radical (unpaired) electrons. The van der Waals surface area contributed by atoms with Crippen molar-refractivity contribution in [3.63, 3.8) is 0 Å². The molecular weight excluding hydrogens is 703 g/mol. The largest absolute Gasteiger partial charge is 0.455 e. The quantitative estimate of drug-likeness (QED) is 0.162. The van der Waals surface area contributed by atoms with E-state index in [1.54, 1.807) is 0 Å². The number of hydrogen-bond acceptors (Lipinski definition) is 2. The molecule has 11 rings (SSSR count). The Kier molecular flexibility index (Phi) is 8.19. The van der Waals surface area contributed by atoms with Gasteiger partial charge in [-0.15, -0.1) is 0 Å². The summed E-state index contributed by atoms with van der Waals surface area (Å²) in [5, 5.41) is 6.93. The first kappa shape index (κ1) is 33.6. The van der Waals surface area contributed by atoms with Crippen LogP contribution in [0.2, 0.25) is 0 Å². The first-order valence-corrected chi connectivity index (χ1v) is 19.8. The lowest BCUT2D eigenvalue weighted by atomic mass is 9.91. The van der Waals surface area contributed by atoms with Crippen molar-refractivity contribution in [2.24, 2.45) is 0 Å². The van der Waals surface area contributed by atoms with Gasteiger partial charge in [0.05, 0.1) is 11.1 Å². The third kappa shape index (κ3) is 5.82. The van der Waals surface area contributed by atoms with Gasteiger partial charge in [-0.2, -0.15) is 0 Å². The van der Waals surface area contributed by atoms with Gasteiger partial charge in [-0.1, -0.05) is 176 Å². The van der Waals surface area contributed by atoms with Crippen LogP contribution in [0, 0.1) is 0 Å². The fraction of sp³-hybridized carbons (Fsp3) is 0. The molecule has 0 spiro atoms. The van der Waals surface area contributed by atoms with E-state index in [9.17, 15) is 0 Å². The summed E-state index contributed by atoms with van der Waals surface area (Å²) in [6.45, 7) is 0. The van der Waals surface area contributed by atoms with Crippen molar-refractivity contribution in [3.05, 3.63) is 224 Å². The summed E-state index contributed by atoms with van der Waals surface area (Å²) in [6, 6.07) is 80.6. The van der Waals surface area contributed by atoms with Crippen molar-refractivity contribution < 1.29 is 4.42 Å². The Bertz CT molecular complexity index is 3270. The molecule has 1 aromatic heterocycles. The molecule has 0 atom stereocenters. The van der Waals surface area contributed by atoms with Crippen molar-refractivity contribution in [1.29, 1.82) is 0 Å². The maximum absolute atomic E-state index is 6.72. The number of fused-ring (bicyclic) bond motifs is 6. The zero-order valence-electron chi connectivity index (χ0n) is 31.7. The number of anilines is 3. The minimum Gasteiger partial charge on any atom is -0.455 e. The molecule has 10 aromatic carbocycles. The van der Waals surface area contributed by atoms with Crippen LogP contribution in [0.15, 0.2) is 229 Å². The fourth-order valence-corrected chi connectivity index (χ4v) is 8.69. The van der Waals surface area contributed by atoms with E-state index in [4.69, 9.17) is 4.42 Å². The van der Waals surface area contributed by atoms with Crippen LogP contribution in [-0.2, 0) is 0 Å². The fourth-order valence-electron chi connectivity index (χ4n) is 8.69. The second-order valence-electron chi connectivity index (χ2n) is 14.9. The predicted molar refractivity (Wildman–Crippen MR) is 245 cm³/mol. The van der Waals surface area contributed by atoms with Gasteiger partial charge < -0.3 is 9.32 Å². The highest BCUT2D eigenvalue weighted by Crippen LogP contribution is 2.46. The molecule has 58 heavy (non-hydrogen) atoms. The van der Waals surface area contributed by atoms with Gasteiger partial charge in [-0.3, -0.25) is 0 Å². The molecule has 0 bridgehead atoms. The van der Waals surface area contributed by atoms with Gasteiger partial charge in [0.2, 0.25) is 0 Å². The van der Waals surface area contributed by atoms with Crippen molar-refractivity contribution in [1.82, 2.24) is 0 Å². The Balaban J connectivity index is 1.10. The third-order valence-corrected chi connectivity index (χ3v) is 11.5. The lowest BCUT2D eigenvalue weighted by Gasteiger charge is -2.27. The minimum atomic E-state index is 0.863. The zero-order valence-corrected chi connectivity index (χ0v) is 31.7. The molecular formula is C56H37NO. The van der Waals surface area contributed by atoms with Crippen LogP contribution in [0.3, 0.4) is 0 Å². The second kappa shape index (κ2) is 14.1. The first-order chi connectivity index (χ1) is 28.8. The molecule has 11 aromatic rings. The van der Waals surface area contributed by atoms with E-state index in [1.807, 2.05) is 0 Å². The molecule has 0 saturated carbocycles. The molecule has 0 fully saturated rings. The van der Waals surface area contributed by atoms with Gasteiger partial charge in [0.15, 0.2) is 0 Å². The minimum absolute atomic E-state index is 0.863. The molecule has 2 heteroatoms. The Morgan fingerprint density at radius 3 is 1.74 bits per heavy atom. The molecule has 0 N–H and O–H groups in total. The summed E-state index contributed by atoms with van der Waals surface area (Å²) in [6.07, 6.45) is 0. The normalized spacial score (nSPS) is 11.4. The summed E-state index contributed by atoms with van der Waals surface area (Å²) < 4.78 is 6.72. The second-order valence-corrected chi connectivity index (χ2v) is 14.9. The SMILES string of the molecule is c1ccc(-c2ccc(-c3ccc(N(c4cccc(-c5cccc6ccccc56)c4)c4cccc5oc6c7ccccc7ccc6c45)cc3)c(-c3ccccc3)c2)cc1. The Morgan fingerprint density at radius 1 is 0.310 bits per heavy atom. The molecule has 0 saturated heterocycles. The van der Waals surface area contributed by atoms with Gasteiger partial charge in [0.1, 0.15) is 11.2 Å². The van der Waals surface area contributed by atoms with E-state index < -0.39 is 0 Å². The highest BCUT2D eigenvalue weighted by atomic mass is 16.3. The maximum atomic E-state index is 6.72. The highest BCUT2D eigenvalue weighted by molar-refractivity contribution is 6.19. The van der Waals surface area contributed by atoms with E-state index in [0.717, 1.165) is 60.9 Å². The molecule has 0 aliphatic carbocycles. The van der Waals surface area contributed by atoms with Gasteiger partial charge in [-0.05, 0) is 109 Å². The topological polar surface area (TPSA) is 16.4 Å².